The molecule has 1 aromatic heterocycles. The van der Waals surface area contributed by atoms with Crippen molar-refractivity contribution in [2.45, 2.75) is 44.2 Å². The molecule has 2 fully saturated rings. The number of carbonyl (C=O) groups excluding carboxylic acids is 1. The Bertz CT molecular complexity index is 720. The summed E-state index contributed by atoms with van der Waals surface area (Å²) in [7, 11) is 0. The number of rotatable bonds is 3. The van der Waals surface area contributed by atoms with Crippen molar-refractivity contribution in [1.29, 1.82) is 0 Å². The molecule has 132 valence electrons. The molecule has 1 unspecified atom stereocenters. The highest BCUT2D eigenvalue weighted by atomic mass is 16.5. The van der Waals surface area contributed by atoms with Crippen LogP contribution in [0.5, 0.6) is 0 Å². The van der Waals surface area contributed by atoms with Gasteiger partial charge in [-0.15, -0.1) is 0 Å². The van der Waals surface area contributed by atoms with E-state index in [4.69, 9.17) is 4.74 Å². The SMILES string of the molecule is O=C(c1cccc(Cn2cccn2)c1)N1CCCC2(CCCO2)CC1. The summed E-state index contributed by atoms with van der Waals surface area (Å²) in [5, 5.41) is 4.24. The van der Waals surface area contributed by atoms with E-state index in [1.165, 1.54) is 0 Å². The average Bonchev–Trinajstić information content (AvgIpc) is 3.25. The van der Waals surface area contributed by atoms with E-state index in [-0.39, 0.29) is 11.5 Å². The lowest BCUT2D eigenvalue weighted by atomic mass is 9.92. The van der Waals surface area contributed by atoms with Gasteiger partial charge in [0, 0.05) is 37.7 Å². The van der Waals surface area contributed by atoms with Gasteiger partial charge in [0.2, 0.25) is 0 Å². The van der Waals surface area contributed by atoms with Gasteiger partial charge in [0.1, 0.15) is 0 Å². The van der Waals surface area contributed by atoms with E-state index < -0.39 is 0 Å². The Kier molecular flexibility index (Phi) is 4.57. The molecule has 2 aliphatic heterocycles. The second-order valence-corrected chi connectivity index (χ2v) is 7.18. The zero-order valence-corrected chi connectivity index (χ0v) is 14.6. The molecular weight excluding hydrogens is 314 g/mol. The van der Waals surface area contributed by atoms with Gasteiger partial charge in [0.25, 0.3) is 5.91 Å². The Labute approximate surface area is 148 Å². The lowest BCUT2D eigenvalue weighted by Crippen LogP contribution is -2.34. The third-order valence-electron chi connectivity index (χ3n) is 5.45. The van der Waals surface area contributed by atoms with E-state index in [0.717, 1.165) is 62.9 Å². The van der Waals surface area contributed by atoms with E-state index >= 15 is 0 Å². The van der Waals surface area contributed by atoms with Crippen molar-refractivity contribution in [3.05, 3.63) is 53.9 Å². The minimum Gasteiger partial charge on any atom is -0.375 e. The van der Waals surface area contributed by atoms with Crippen molar-refractivity contribution < 1.29 is 9.53 Å². The molecule has 25 heavy (non-hydrogen) atoms. The molecule has 0 saturated carbocycles. The van der Waals surface area contributed by atoms with Crippen LogP contribution >= 0.6 is 0 Å². The Morgan fingerprint density at radius 2 is 2.08 bits per heavy atom. The third-order valence-corrected chi connectivity index (χ3v) is 5.45. The normalized spacial score (nSPS) is 23.8. The Morgan fingerprint density at radius 1 is 1.16 bits per heavy atom. The molecule has 2 aliphatic rings. The van der Waals surface area contributed by atoms with Crippen LogP contribution in [0.15, 0.2) is 42.7 Å². The zero-order chi connectivity index (χ0) is 17.1. The first kappa shape index (κ1) is 16.3. The summed E-state index contributed by atoms with van der Waals surface area (Å²) < 4.78 is 7.90. The van der Waals surface area contributed by atoms with Gasteiger partial charge in [0.15, 0.2) is 0 Å². The standard InChI is InChI=1S/C20H25N3O2/c24-19(22-11-2-7-20(9-13-22)8-3-14-25-20)18-6-1-5-17(15-18)16-23-12-4-10-21-23/h1,4-6,10,12,15H,2-3,7-9,11,13-14,16H2. The van der Waals surface area contributed by atoms with Gasteiger partial charge < -0.3 is 9.64 Å². The van der Waals surface area contributed by atoms with Crippen LogP contribution in [0.4, 0.5) is 0 Å². The van der Waals surface area contributed by atoms with Gasteiger partial charge in [-0.1, -0.05) is 12.1 Å². The van der Waals surface area contributed by atoms with E-state index in [9.17, 15) is 4.79 Å². The molecule has 4 rings (SSSR count). The first-order chi connectivity index (χ1) is 12.2. The molecule has 0 bridgehead atoms. The summed E-state index contributed by atoms with van der Waals surface area (Å²) in [5.41, 5.74) is 1.91. The Morgan fingerprint density at radius 3 is 2.88 bits per heavy atom. The molecule has 0 radical (unpaired) electrons. The number of likely N-dealkylation sites (tertiary alicyclic amines) is 1. The average molecular weight is 339 g/mol. The van der Waals surface area contributed by atoms with Gasteiger partial charge in [-0.05, 0) is 55.9 Å². The first-order valence-corrected chi connectivity index (χ1v) is 9.24. The highest BCUT2D eigenvalue weighted by Crippen LogP contribution is 2.35. The van der Waals surface area contributed by atoms with Gasteiger partial charge in [-0.25, -0.2) is 0 Å². The van der Waals surface area contributed by atoms with Crippen molar-refractivity contribution in [2.24, 2.45) is 0 Å². The lowest BCUT2D eigenvalue weighted by molar-refractivity contribution is -0.00691. The van der Waals surface area contributed by atoms with E-state index in [0.29, 0.717) is 6.54 Å². The summed E-state index contributed by atoms with van der Waals surface area (Å²) in [4.78, 5) is 15.0. The van der Waals surface area contributed by atoms with Gasteiger partial charge in [-0.2, -0.15) is 5.10 Å². The van der Waals surface area contributed by atoms with Crippen LogP contribution in [0.3, 0.4) is 0 Å². The molecule has 0 aliphatic carbocycles. The maximum absolute atomic E-state index is 13.0. The smallest absolute Gasteiger partial charge is 0.253 e. The second kappa shape index (κ2) is 7.00. The largest absolute Gasteiger partial charge is 0.375 e. The number of benzene rings is 1. The minimum absolute atomic E-state index is 0.0387. The molecule has 1 atom stereocenters. The van der Waals surface area contributed by atoms with Crippen LogP contribution < -0.4 is 0 Å². The van der Waals surface area contributed by atoms with Crippen molar-refractivity contribution in [3.63, 3.8) is 0 Å². The molecule has 5 heteroatoms. The van der Waals surface area contributed by atoms with Crippen molar-refractivity contribution >= 4 is 5.91 Å². The van der Waals surface area contributed by atoms with Crippen LogP contribution in [0, 0.1) is 0 Å². The van der Waals surface area contributed by atoms with E-state index in [1.807, 2.05) is 46.1 Å². The summed E-state index contributed by atoms with van der Waals surface area (Å²) in [5.74, 6) is 0.136. The third kappa shape index (κ3) is 3.61. The molecule has 1 aromatic carbocycles. The number of ether oxygens (including phenoxy) is 1. The van der Waals surface area contributed by atoms with E-state index in [2.05, 4.69) is 5.10 Å². The summed E-state index contributed by atoms with van der Waals surface area (Å²) in [6.45, 7) is 3.18. The lowest BCUT2D eigenvalue weighted by Gasteiger charge is -2.27. The number of nitrogens with zero attached hydrogens (tertiary/aromatic N) is 3. The maximum atomic E-state index is 13.0. The highest BCUT2D eigenvalue weighted by Gasteiger charge is 2.37. The minimum atomic E-state index is 0.0387. The monoisotopic (exact) mass is 339 g/mol. The van der Waals surface area contributed by atoms with Crippen molar-refractivity contribution in [2.75, 3.05) is 19.7 Å². The summed E-state index contributed by atoms with van der Waals surface area (Å²) in [6, 6.07) is 9.83. The predicted molar refractivity (Wildman–Crippen MR) is 95.4 cm³/mol. The number of amides is 1. The molecule has 2 aromatic rings. The summed E-state index contributed by atoms with van der Waals surface area (Å²) >= 11 is 0. The fourth-order valence-electron chi connectivity index (χ4n) is 4.09. The molecule has 1 spiro atoms. The highest BCUT2D eigenvalue weighted by molar-refractivity contribution is 5.94. The van der Waals surface area contributed by atoms with Crippen LogP contribution in [-0.4, -0.2) is 45.9 Å². The van der Waals surface area contributed by atoms with Crippen LogP contribution in [0.2, 0.25) is 0 Å². The van der Waals surface area contributed by atoms with Crippen molar-refractivity contribution in [1.82, 2.24) is 14.7 Å². The molecule has 1 amide bonds. The van der Waals surface area contributed by atoms with Gasteiger partial charge >= 0.3 is 0 Å². The van der Waals surface area contributed by atoms with Gasteiger partial charge in [-0.3, -0.25) is 9.48 Å². The van der Waals surface area contributed by atoms with Crippen LogP contribution in [0.25, 0.3) is 0 Å². The number of aromatic nitrogens is 2. The fourth-order valence-corrected chi connectivity index (χ4v) is 4.09. The molecule has 3 heterocycles. The fraction of sp³-hybridized carbons (Fsp3) is 0.500. The predicted octanol–water partition coefficient (Wildman–Crippen LogP) is 3.11. The molecule has 0 N–H and O–H groups in total. The van der Waals surface area contributed by atoms with Gasteiger partial charge in [0.05, 0.1) is 12.1 Å². The number of hydrogen-bond donors (Lipinski definition) is 0. The number of hydrogen-bond acceptors (Lipinski definition) is 3. The summed E-state index contributed by atoms with van der Waals surface area (Å²) in [6.07, 6.45) is 9.08. The first-order valence-electron chi connectivity index (χ1n) is 9.24. The number of carbonyl (C=O) groups is 1. The maximum Gasteiger partial charge on any atom is 0.253 e. The molecule has 5 nitrogen and oxygen atoms in total. The zero-order valence-electron chi connectivity index (χ0n) is 14.6. The molecule has 2 saturated heterocycles. The van der Waals surface area contributed by atoms with Crippen LogP contribution in [0.1, 0.15) is 48.0 Å². The topological polar surface area (TPSA) is 47.4 Å². The quantitative estimate of drug-likeness (QED) is 0.863. The van der Waals surface area contributed by atoms with E-state index in [1.54, 1.807) is 6.20 Å². The second-order valence-electron chi connectivity index (χ2n) is 7.18. The molecular formula is C20H25N3O2. The Balaban J connectivity index is 1.45. The van der Waals surface area contributed by atoms with Crippen LogP contribution in [-0.2, 0) is 11.3 Å². The van der Waals surface area contributed by atoms with Crippen molar-refractivity contribution in [3.8, 4) is 0 Å². The Hall–Kier alpha value is -2.14.